The minimum atomic E-state index is 0.210. The van der Waals surface area contributed by atoms with Crippen LogP contribution in [0.2, 0.25) is 0 Å². The Hall–Kier alpha value is -2.01. The molecule has 0 aliphatic rings. The fourth-order valence-corrected chi connectivity index (χ4v) is 2.04. The van der Waals surface area contributed by atoms with Crippen molar-refractivity contribution in [3.8, 4) is 5.69 Å². The summed E-state index contributed by atoms with van der Waals surface area (Å²) in [4.78, 5) is 6.44. The predicted octanol–water partition coefficient (Wildman–Crippen LogP) is 2.39. The van der Waals surface area contributed by atoms with Crippen LogP contribution in [0, 0.1) is 0 Å². The summed E-state index contributed by atoms with van der Waals surface area (Å²) < 4.78 is 7.17. The van der Waals surface area contributed by atoms with Gasteiger partial charge in [0.1, 0.15) is 0 Å². The molecule has 0 aliphatic carbocycles. The average Bonchev–Trinajstić information content (AvgIpc) is 2.87. The molecule has 1 N–H and O–H groups in total. The van der Waals surface area contributed by atoms with Gasteiger partial charge in [-0.1, -0.05) is 0 Å². The van der Waals surface area contributed by atoms with Crippen LogP contribution in [-0.2, 0) is 4.74 Å². The van der Waals surface area contributed by atoms with Crippen LogP contribution in [0.4, 0.5) is 11.6 Å². The van der Waals surface area contributed by atoms with Crippen LogP contribution in [0.1, 0.15) is 6.92 Å². The van der Waals surface area contributed by atoms with Crippen molar-refractivity contribution >= 4 is 11.6 Å². The van der Waals surface area contributed by atoms with Crippen LogP contribution < -0.4 is 10.2 Å². The lowest BCUT2D eigenvalue weighted by atomic mass is 10.2. The highest BCUT2D eigenvalue weighted by atomic mass is 16.5. The van der Waals surface area contributed by atoms with Gasteiger partial charge in [-0.25, -0.2) is 4.98 Å². The number of anilines is 2. The quantitative estimate of drug-likeness (QED) is 0.878. The normalized spacial score (nSPS) is 12.2. The van der Waals surface area contributed by atoms with Crippen LogP contribution in [0.3, 0.4) is 0 Å². The van der Waals surface area contributed by atoms with Crippen LogP contribution in [0.5, 0.6) is 0 Å². The molecule has 5 nitrogen and oxygen atoms in total. The first-order valence-corrected chi connectivity index (χ1v) is 6.68. The Kier molecular flexibility index (Phi) is 4.63. The van der Waals surface area contributed by atoms with Gasteiger partial charge in [0.25, 0.3) is 0 Å². The Bertz CT molecular complexity index is 533. The molecule has 0 saturated heterocycles. The topological polar surface area (TPSA) is 42.3 Å². The zero-order valence-electron chi connectivity index (χ0n) is 12.5. The van der Waals surface area contributed by atoms with Crippen LogP contribution in [0.15, 0.2) is 36.7 Å². The van der Waals surface area contributed by atoms with Crippen molar-refractivity contribution in [2.45, 2.75) is 13.0 Å². The third-order valence-electron chi connectivity index (χ3n) is 3.08. The molecular formula is C15H22N4O. The van der Waals surface area contributed by atoms with E-state index in [4.69, 9.17) is 4.74 Å². The summed E-state index contributed by atoms with van der Waals surface area (Å²) in [6, 6.07) is 8.57. The molecule has 108 valence electrons. The number of ether oxygens (including phenoxy) is 1. The van der Waals surface area contributed by atoms with E-state index >= 15 is 0 Å². The highest BCUT2D eigenvalue weighted by Gasteiger charge is 2.08. The van der Waals surface area contributed by atoms with E-state index in [-0.39, 0.29) is 6.04 Å². The number of nitrogens with one attached hydrogen (secondary N) is 1. The van der Waals surface area contributed by atoms with E-state index in [0.717, 1.165) is 11.6 Å². The van der Waals surface area contributed by atoms with Gasteiger partial charge in [-0.2, -0.15) is 0 Å². The van der Waals surface area contributed by atoms with E-state index < -0.39 is 0 Å². The molecule has 20 heavy (non-hydrogen) atoms. The van der Waals surface area contributed by atoms with Gasteiger partial charge in [-0.3, -0.25) is 4.57 Å². The van der Waals surface area contributed by atoms with Gasteiger partial charge in [0.15, 0.2) is 0 Å². The number of methoxy groups -OCH3 is 1. The number of rotatable bonds is 6. The molecule has 0 fully saturated rings. The minimum absolute atomic E-state index is 0.210. The van der Waals surface area contributed by atoms with Gasteiger partial charge in [-0.05, 0) is 31.2 Å². The number of nitrogens with zero attached hydrogens (tertiary/aromatic N) is 3. The van der Waals surface area contributed by atoms with Gasteiger partial charge >= 0.3 is 0 Å². The predicted molar refractivity (Wildman–Crippen MR) is 82.9 cm³/mol. The summed E-state index contributed by atoms with van der Waals surface area (Å²) in [5, 5.41) is 3.34. The van der Waals surface area contributed by atoms with Gasteiger partial charge in [0.05, 0.1) is 6.61 Å². The molecule has 0 radical (unpaired) electrons. The monoisotopic (exact) mass is 274 g/mol. The van der Waals surface area contributed by atoms with Gasteiger partial charge < -0.3 is 15.0 Å². The fourth-order valence-electron chi connectivity index (χ4n) is 2.04. The molecule has 1 heterocycles. The van der Waals surface area contributed by atoms with Crippen LogP contribution in [-0.4, -0.2) is 43.4 Å². The standard InChI is InChI=1S/C15H22N4O/c1-12(11-20-4)17-15-16-9-10-19(15)14-7-5-13(6-8-14)18(2)3/h5-10,12H,11H2,1-4H3,(H,16,17). The summed E-state index contributed by atoms with van der Waals surface area (Å²) in [5.41, 5.74) is 2.26. The maximum absolute atomic E-state index is 5.13. The van der Waals surface area contributed by atoms with Crippen LogP contribution in [0.25, 0.3) is 5.69 Å². The van der Waals surface area contributed by atoms with E-state index in [0.29, 0.717) is 6.61 Å². The van der Waals surface area contributed by atoms with Crippen molar-refractivity contribution in [2.75, 3.05) is 38.0 Å². The lowest BCUT2D eigenvalue weighted by molar-refractivity contribution is 0.190. The van der Waals surface area contributed by atoms with Gasteiger partial charge in [0.2, 0.25) is 5.95 Å². The zero-order valence-corrected chi connectivity index (χ0v) is 12.5. The first-order valence-electron chi connectivity index (χ1n) is 6.68. The lowest BCUT2D eigenvalue weighted by Crippen LogP contribution is -2.22. The number of hydrogen-bond acceptors (Lipinski definition) is 4. The van der Waals surface area contributed by atoms with Gasteiger partial charge in [-0.15, -0.1) is 0 Å². The van der Waals surface area contributed by atoms with Crippen molar-refractivity contribution in [2.24, 2.45) is 0 Å². The molecule has 2 aromatic rings. The molecule has 0 amide bonds. The average molecular weight is 274 g/mol. The Labute approximate surface area is 120 Å². The Morgan fingerprint density at radius 2 is 2.00 bits per heavy atom. The third kappa shape index (κ3) is 3.30. The van der Waals surface area contributed by atoms with E-state index in [1.165, 1.54) is 5.69 Å². The Morgan fingerprint density at radius 3 is 2.60 bits per heavy atom. The molecule has 2 rings (SSSR count). The smallest absolute Gasteiger partial charge is 0.207 e. The first kappa shape index (κ1) is 14.4. The summed E-state index contributed by atoms with van der Waals surface area (Å²) in [6.07, 6.45) is 3.74. The second kappa shape index (κ2) is 6.43. The molecule has 1 unspecified atom stereocenters. The molecule has 1 atom stereocenters. The molecule has 0 spiro atoms. The third-order valence-corrected chi connectivity index (χ3v) is 3.08. The van der Waals surface area contributed by atoms with E-state index in [9.17, 15) is 0 Å². The molecule has 1 aromatic heterocycles. The molecule has 0 saturated carbocycles. The molecular weight excluding hydrogens is 252 g/mol. The van der Waals surface area contributed by atoms with Crippen molar-refractivity contribution < 1.29 is 4.74 Å². The largest absolute Gasteiger partial charge is 0.383 e. The number of aromatic nitrogens is 2. The first-order chi connectivity index (χ1) is 9.61. The minimum Gasteiger partial charge on any atom is -0.383 e. The number of hydrogen-bond donors (Lipinski definition) is 1. The lowest BCUT2D eigenvalue weighted by Gasteiger charge is -2.16. The zero-order chi connectivity index (χ0) is 14.5. The highest BCUT2D eigenvalue weighted by Crippen LogP contribution is 2.19. The Balaban J connectivity index is 2.18. The van der Waals surface area contributed by atoms with Crippen molar-refractivity contribution in [1.82, 2.24) is 9.55 Å². The SMILES string of the molecule is COCC(C)Nc1nccn1-c1ccc(N(C)C)cc1. The van der Waals surface area contributed by atoms with Crippen molar-refractivity contribution in [1.29, 1.82) is 0 Å². The second-order valence-corrected chi connectivity index (χ2v) is 5.03. The molecule has 0 bridgehead atoms. The highest BCUT2D eigenvalue weighted by molar-refractivity contribution is 5.52. The van der Waals surface area contributed by atoms with Crippen molar-refractivity contribution in [3.05, 3.63) is 36.7 Å². The summed E-state index contributed by atoms with van der Waals surface area (Å²) in [7, 11) is 5.77. The van der Waals surface area contributed by atoms with E-state index in [2.05, 4.69) is 46.4 Å². The summed E-state index contributed by atoms with van der Waals surface area (Å²) in [5.74, 6) is 0.826. The van der Waals surface area contributed by atoms with Crippen LogP contribution >= 0.6 is 0 Å². The van der Waals surface area contributed by atoms with Crippen molar-refractivity contribution in [3.63, 3.8) is 0 Å². The second-order valence-electron chi connectivity index (χ2n) is 5.03. The molecule has 0 aliphatic heterocycles. The molecule has 1 aromatic carbocycles. The number of imidazole rings is 1. The van der Waals surface area contributed by atoms with E-state index in [1.807, 2.05) is 24.9 Å². The molecule has 5 heteroatoms. The summed E-state index contributed by atoms with van der Waals surface area (Å²) >= 11 is 0. The maximum atomic E-state index is 5.13. The maximum Gasteiger partial charge on any atom is 0.207 e. The van der Waals surface area contributed by atoms with Gasteiger partial charge in [0, 0.05) is 51.0 Å². The number of benzene rings is 1. The fraction of sp³-hybridized carbons (Fsp3) is 0.400. The summed E-state index contributed by atoms with van der Waals surface area (Å²) in [6.45, 7) is 2.71. The van der Waals surface area contributed by atoms with E-state index in [1.54, 1.807) is 13.3 Å². The Morgan fingerprint density at radius 1 is 1.30 bits per heavy atom.